The number of anilines is 6. The molecule has 4 heteroatoms. The van der Waals surface area contributed by atoms with Gasteiger partial charge in [0, 0.05) is 67.0 Å². The van der Waals surface area contributed by atoms with Gasteiger partial charge in [0.15, 0.2) is 0 Å². The third-order valence-electron chi connectivity index (χ3n) is 12.5. The van der Waals surface area contributed by atoms with Crippen LogP contribution in [-0.4, -0.2) is 9.13 Å². The molecular formula is C60H42N4. The molecule has 2 aromatic heterocycles. The Morgan fingerprint density at radius 2 is 0.516 bits per heavy atom. The van der Waals surface area contributed by atoms with E-state index in [9.17, 15) is 0 Å². The zero-order valence-electron chi connectivity index (χ0n) is 35.0. The van der Waals surface area contributed by atoms with E-state index in [-0.39, 0.29) is 0 Å². The summed E-state index contributed by atoms with van der Waals surface area (Å²) in [5.41, 5.74) is 16.0. The molecule has 0 aliphatic heterocycles. The Morgan fingerprint density at radius 3 is 0.906 bits per heavy atom. The quantitative estimate of drug-likeness (QED) is 0.144. The summed E-state index contributed by atoms with van der Waals surface area (Å²) in [6.45, 7) is 0. The van der Waals surface area contributed by atoms with E-state index in [1.807, 2.05) is 0 Å². The van der Waals surface area contributed by atoms with E-state index in [1.54, 1.807) is 0 Å². The maximum atomic E-state index is 2.37. The molecule has 4 nitrogen and oxygen atoms in total. The second-order valence-electron chi connectivity index (χ2n) is 16.2. The highest BCUT2D eigenvalue weighted by atomic mass is 15.1. The van der Waals surface area contributed by atoms with Gasteiger partial charge < -0.3 is 18.9 Å². The van der Waals surface area contributed by atoms with Gasteiger partial charge in [0.05, 0.1) is 22.1 Å². The zero-order valence-corrected chi connectivity index (χ0v) is 35.0. The van der Waals surface area contributed by atoms with Gasteiger partial charge in [-0.05, 0) is 132 Å². The van der Waals surface area contributed by atoms with Crippen molar-refractivity contribution in [2.75, 3.05) is 9.80 Å². The van der Waals surface area contributed by atoms with E-state index >= 15 is 0 Å². The van der Waals surface area contributed by atoms with Gasteiger partial charge in [-0.3, -0.25) is 0 Å². The lowest BCUT2D eigenvalue weighted by molar-refractivity contribution is 1.18. The van der Waals surface area contributed by atoms with Crippen LogP contribution >= 0.6 is 0 Å². The Labute approximate surface area is 372 Å². The summed E-state index contributed by atoms with van der Waals surface area (Å²) < 4.78 is 4.73. The molecular weight excluding hydrogens is 777 g/mol. The molecule has 0 spiro atoms. The van der Waals surface area contributed by atoms with Crippen LogP contribution in [0.3, 0.4) is 0 Å². The highest BCUT2D eigenvalue weighted by molar-refractivity contribution is 6.12. The SMILES string of the molecule is c1ccc(N(c2ccc(-c3ccc(N(c4ccccc4)c4ccc5c(c4)c4ccccc4n5-c4ccccc4)cc3)cc2)c2ccc3c(c2)c2ccccc2n3-c2ccccc2)cc1. The Morgan fingerprint density at radius 1 is 0.219 bits per heavy atom. The van der Waals surface area contributed by atoms with E-state index in [0.29, 0.717) is 0 Å². The summed E-state index contributed by atoms with van der Waals surface area (Å²) in [6.07, 6.45) is 0. The van der Waals surface area contributed by atoms with Crippen molar-refractivity contribution in [2.24, 2.45) is 0 Å². The second-order valence-corrected chi connectivity index (χ2v) is 16.2. The highest BCUT2D eigenvalue weighted by Crippen LogP contribution is 2.42. The molecule has 2 heterocycles. The Kier molecular flexibility index (Phi) is 9.12. The average Bonchev–Trinajstić information content (AvgIpc) is 3.88. The van der Waals surface area contributed by atoms with Crippen LogP contribution in [0.4, 0.5) is 34.1 Å². The molecule has 0 saturated carbocycles. The molecule has 12 aromatic rings. The average molecular weight is 819 g/mol. The molecule has 0 fully saturated rings. The molecule has 64 heavy (non-hydrogen) atoms. The molecule has 0 radical (unpaired) electrons. The molecule has 0 bridgehead atoms. The number of para-hydroxylation sites is 6. The number of hydrogen-bond donors (Lipinski definition) is 0. The van der Waals surface area contributed by atoms with Crippen molar-refractivity contribution in [2.45, 2.75) is 0 Å². The first-order valence-electron chi connectivity index (χ1n) is 21.8. The normalized spacial score (nSPS) is 11.4. The predicted octanol–water partition coefficient (Wildman–Crippen LogP) is 16.5. The van der Waals surface area contributed by atoms with Crippen LogP contribution in [0.1, 0.15) is 0 Å². The van der Waals surface area contributed by atoms with Crippen LogP contribution in [0.5, 0.6) is 0 Å². The molecule has 302 valence electrons. The van der Waals surface area contributed by atoms with Gasteiger partial charge in [-0.1, -0.05) is 133 Å². The van der Waals surface area contributed by atoms with E-state index in [2.05, 4.69) is 274 Å². The van der Waals surface area contributed by atoms with Crippen LogP contribution in [0.15, 0.2) is 255 Å². The number of benzene rings is 10. The van der Waals surface area contributed by atoms with Gasteiger partial charge in [-0.2, -0.15) is 0 Å². The minimum Gasteiger partial charge on any atom is -0.310 e. The first-order chi connectivity index (χ1) is 31.8. The fourth-order valence-electron chi connectivity index (χ4n) is 9.56. The van der Waals surface area contributed by atoms with E-state index in [4.69, 9.17) is 0 Å². The van der Waals surface area contributed by atoms with Crippen LogP contribution in [0.25, 0.3) is 66.1 Å². The molecule has 0 saturated heterocycles. The lowest BCUT2D eigenvalue weighted by Gasteiger charge is -2.26. The molecule has 0 unspecified atom stereocenters. The molecule has 0 aliphatic carbocycles. The van der Waals surface area contributed by atoms with E-state index < -0.39 is 0 Å². The van der Waals surface area contributed by atoms with Gasteiger partial charge in [-0.15, -0.1) is 0 Å². The van der Waals surface area contributed by atoms with E-state index in [0.717, 1.165) is 56.6 Å². The molecule has 12 rings (SSSR count). The summed E-state index contributed by atoms with van der Waals surface area (Å²) >= 11 is 0. The minimum absolute atomic E-state index is 1.09. The molecule has 0 amide bonds. The Bertz CT molecular complexity index is 3330. The summed E-state index contributed by atoms with van der Waals surface area (Å²) in [5.74, 6) is 0. The summed E-state index contributed by atoms with van der Waals surface area (Å²) in [7, 11) is 0. The maximum absolute atomic E-state index is 2.37. The van der Waals surface area contributed by atoms with Crippen molar-refractivity contribution in [3.63, 3.8) is 0 Å². The van der Waals surface area contributed by atoms with Crippen LogP contribution in [0, 0.1) is 0 Å². The van der Waals surface area contributed by atoms with Crippen LogP contribution in [0.2, 0.25) is 0 Å². The van der Waals surface area contributed by atoms with Gasteiger partial charge in [0.25, 0.3) is 0 Å². The number of hydrogen-bond acceptors (Lipinski definition) is 2. The monoisotopic (exact) mass is 818 g/mol. The molecule has 0 N–H and O–H groups in total. The second kappa shape index (κ2) is 15.7. The zero-order chi connectivity index (χ0) is 42.4. The first-order valence-corrected chi connectivity index (χ1v) is 21.8. The van der Waals surface area contributed by atoms with Crippen LogP contribution < -0.4 is 9.80 Å². The standard InChI is InChI=1S/C60H42N4/c1-5-17-45(18-6-1)61(51-37-39-59-55(41-51)53-25-13-15-27-57(53)63(59)47-21-9-3-10-22-47)49-33-29-43(30-34-49)44-31-35-50(36-32-44)62(46-19-7-2-8-20-46)52-38-40-60-56(42-52)54-26-14-16-28-58(54)64(60)48-23-11-4-12-24-48/h1-42H. The van der Waals surface area contributed by atoms with Crippen molar-refractivity contribution >= 4 is 77.7 Å². The summed E-state index contributed by atoms with van der Waals surface area (Å²) in [5, 5.41) is 4.91. The third-order valence-corrected chi connectivity index (χ3v) is 12.5. The van der Waals surface area contributed by atoms with Crippen molar-refractivity contribution in [3.05, 3.63) is 255 Å². The van der Waals surface area contributed by atoms with Gasteiger partial charge in [-0.25, -0.2) is 0 Å². The smallest absolute Gasteiger partial charge is 0.0542 e. The van der Waals surface area contributed by atoms with Crippen molar-refractivity contribution < 1.29 is 0 Å². The van der Waals surface area contributed by atoms with Gasteiger partial charge in [0.1, 0.15) is 0 Å². The third kappa shape index (κ3) is 6.40. The number of aromatic nitrogens is 2. The highest BCUT2D eigenvalue weighted by Gasteiger charge is 2.19. The lowest BCUT2D eigenvalue weighted by atomic mass is 10.0. The number of nitrogens with zero attached hydrogens (tertiary/aromatic N) is 4. The van der Waals surface area contributed by atoms with Gasteiger partial charge >= 0.3 is 0 Å². The van der Waals surface area contributed by atoms with Crippen molar-refractivity contribution in [3.8, 4) is 22.5 Å². The van der Waals surface area contributed by atoms with Crippen molar-refractivity contribution in [1.29, 1.82) is 0 Å². The largest absolute Gasteiger partial charge is 0.310 e. The first kappa shape index (κ1) is 37.2. The fourth-order valence-corrected chi connectivity index (χ4v) is 9.56. The minimum atomic E-state index is 1.09. The molecule has 0 atom stereocenters. The lowest BCUT2D eigenvalue weighted by Crippen LogP contribution is -2.10. The predicted molar refractivity (Wildman–Crippen MR) is 270 cm³/mol. The Hall–Kier alpha value is -8.60. The Balaban J connectivity index is 0.902. The number of rotatable bonds is 9. The summed E-state index contributed by atoms with van der Waals surface area (Å²) in [6, 6.07) is 91.6. The van der Waals surface area contributed by atoms with Crippen molar-refractivity contribution in [1.82, 2.24) is 9.13 Å². The van der Waals surface area contributed by atoms with E-state index in [1.165, 1.54) is 43.6 Å². The van der Waals surface area contributed by atoms with Gasteiger partial charge in [0.2, 0.25) is 0 Å². The van der Waals surface area contributed by atoms with Crippen LogP contribution in [-0.2, 0) is 0 Å². The molecule has 0 aliphatic rings. The molecule has 10 aromatic carbocycles. The fraction of sp³-hybridized carbons (Fsp3) is 0. The maximum Gasteiger partial charge on any atom is 0.0542 e. The summed E-state index contributed by atoms with van der Waals surface area (Å²) in [4.78, 5) is 4.71. The topological polar surface area (TPSA) is 16.3 Å². The number of fused-ring (bicyclic) bond motifs is 6.